The van der Waals surface area contributed by atoms with Gasteiger partial charge in [-0.3, -0.25) is 0 Å². The van der Waals surface area contributed by atoms with Gasteiger partial charge in [-0.1, -0.05) is 6.58 Å². The Balaban J connectivity index is 2.10. The van der Waals surface area contributed by atoms with Gasteiger partial charge in [0.2, 0.25) is 0 Å². The fraction of sp³-hybridized carbons (Fsp3) is 0.800. The number of hydrogen-bond acceptors (Lipinski definition) is 2. The minimum Gasteiger partial charge on any atom is -0.377 e. The van der Waals surface area contributed by atoms with Crippen LogP contribution in [-0.4, -0.2) is 30.7 Å². The molecule has 0 aromatic carbocycles. The average Bonchev–Trinajstić information content (AvgIpc) is 2.36. The number of hydrogen-bond donors (Lipinski definition) is 0. The normalized spacial score (nSPS) is 17.9. The van der Waals surface area contributed by atoms with E-state index >= 15 is 0 Å². The fourth-order valence-corrected chi connectivity index (χ4v) is 1.46. The maximum atomic E-state index is 5.47. The van der Waals surface area contributed by atoms with Gasteiger partial charge in [-0.05, 0) is 26.7 Å². The third-order valence-electron chi connectivity index (χ3n) is 2.15. The van der Waals surface area contributed by atoms with Crippen LogP contribution in [0.3, 0.4) is 0 Å². The van der Waals surface area contributed by atoms with Gasteiger partial charge in [0.25, 0.3) is 0 Å². The molecule has 0 aromatic heterocycles. The van der Waals surface area contributed by atoms with Crippen LogP contribution in [0.2, 0.25) is 0 Å². The minimum atomic E-state index is 0.348. The molecule has 12 heavy (non-hydrogen) atoms. The molecule has 1 aliphatic rings. The van der Waals surface area contributed by atoms with Crippen molar-refractivity contribution in [3.8, 4) is 0 Å². The molecular formula is C10H19NO. The van der Waals surface area contributed by atoms with Crippen LogP contribution < -0.4 is 0 Å². The maximum Gasteiger partial charge on any atom is 0.0644 e. The van der Waals surface area contributed by atoms with E-state index in [1.165, 1.54) is 25.1 Å². The Morgan fingerprint density at radius 1 is 1.58 bits per heavy atom. The van der Waals surface area contributed by atoms with E-state index in [1.54, 1.807) is 0 Å². The van der Waals surface area contributed by atoms with Crippen molar-refractivity contribution < 1.29 is 4.74 Å². The number of allylic oxidation sites excluding steroid dienone is 1. The first-order valence-corrected chi connectivity index (χ1v) is 4.74. The molecule has 0 spiro atoms. The first kappa shape index (κ1) is 9.59. The average molecular weight is 169 g/mol. The lowest BCUT2D eigenvalue weighted by Gasteiger charge is -2.19. The first-order valence-electron chi connectivity index (χ1n) is 4.74. The van der Waals surface area contributed by atoms with Crippen molar-refractivity contribution in [2.24, 2.45) is 0 Å². The third-order valence-corrected chi connectivity index (χ3v) is 2.15. The van der Waals surface area contributed by atoms with Gasteiger partial charge in [0.05, 0.1) is 12.7 Å². The van der Waals surface area contributed by atoms with E-state index in [0.717, 1.165) is 13.2 Å². The van der Waals surface area contributed by atoms with E-state index in [9.17, 15) is 0 Å². The molecule has 1 heterocycles. The molecule has 0 bridgehead atoms. The van der Waals surface area contributed by atoms with Crippen molar-refractivity contribution >= 4 is 0 Å². The molecule has 1 fully saturated rings. The smallest absolute Gasteiger partial charge is 0.0644 e. The molecule has 2 heteroatoms. The highest BCUT2D eigenvalue weighted by molar-refractivity contribution is 4.98. The molecule has 1 saturated heterocycles. The van der Waals surface area contributed by atoms with Crippen molar-refractivity contribution in [2.75, 3.05) is 19.7 Å². The summed E-state index contributed by atoms with van der Waals surface area (Å²) >= 11 is 0. The van der Waals surface area contributed by atoms with E-state index in [2.05, 4.69) is 25.3 Å². The van der Waals surface area contributed by atoms with Crippen molar-refractivity contribution in [1.82, 2.24) is 4.90 Å². The van der Waals surface area contributed by atoms with Crippen LogP contribution in [0.1, 0.15) is 26.7 Å². The third kappa shape index (κ3) is 2.86. The number of likely N-dealkylation sites (tertiary alicyclic amines) is 1. The van der Waals surface area contributed by atoms with E-state index in [-0.39, 0.29) is 0 Å². The van der Waals surface area contributed by atoms with Crippen LogP contribution >= 0.6 is 0 Å². The van der Waals surface area contributed by atoms with Gasteiger partial charge in [-0.2, -0.15) is 0 Å². The van der Waals surface area contributed by atoms with Gasteiger partial charge in [-0.15, -0.1) is 0 Å². The van der Waals surface area contributed by atoms with Gasteiger partial charge in [-0.25, -0.2) is 0 Å². The zero-order chi connectivity index (χ0) is 8.97. The Labute approximate surface area is 75.2 Å². The molecular weight excluding hydrogens is 150 g/mol. The van der Waals surface area contributed by atoms with E-state index in [0.29, 0.717) is 6.10 Å². The largest absolute Gasteiger partial charge is 0.377 e. The summed E-state index contributed by atoms with van der Waals surface area (Å²) in [6, 6.07) is 0. The second-order valence-corrected chi connectivity index (χ2v) is 3.58. The lowest BCUT2D eigenvalue weighted by Crippen LogP contribution is -2.23. The van der Waals surface area contributed by atoms with Crippen LogP contribution in [0.25, 0.3) is 0 Å². The van der Waals surface area contributed by atoms with Crippen LogP contribution in [0.5, 0.6) is 0 Å². The highest BCUT2D eigenvalue weighted by Gasteiger charge is 2.13. The highest BCUT2D eigenvalue weighted by Crippen LogP contribution is 2.17. The summed E-state index contributed by atoms with van der Waals surface area (Å²) in [5.74, 6) is 0. The summed E-state index contributed by atoms with van der Waals surface area (Å²) < 4.78 is 5.47. The van der Waals surface area contributed by atoms with E-state index in [4.69, 9.17) is 4.74 Å². The lowest BCUT2D eigenvalue weighted by molar-refractivity contribution is 0.0674. The van der Waals surface area contributed by atoms with Gasteiger partial charge in [0.1, 0.15) is 0 Å². The Hall–Kier alpha value is -0.500. The molecule has 0 aromatic rings. The van der Waals surface area contributed by atoms with Crippen LogP contribution in [-0.2, 0) is 4.74 Å². The molecule has 0 saturated carbocycles. The molecule has 0 radical (unpaired) electrons. The second kappa shape index (κ2) is 4.51. The summed E-state index contributed by atoms with van der Waals surface area (Å²) in [5, 5.41) is 0. The van der Waals surface area contributed by atoms with Gasteiger partial charge in [0.15, 0.2) is 0 Å². The Morgan fingerprint density at radius 3 is 2.83 bits per heavy atom. The van der Waals surface area contributed by atoms with Crippen molar-refractivity contribution in [3.05, 3.63) is 12.3 Å². The molecule has 0 aliphatic carbocycles. The monoisotopic (exact) mass is 169 g/mol. The standard InChI is InChI=1S/C10H19NO/c1-9(2)12-8-7-11-6-4-5-10(11)3/h9H,3-8H2,1-2H3. The zero-order valence-corrected chi connectivity index (χ0v) is 8.18. The van der Waals surface area contributed by atoms with Crippen LogP contribution in [0.15, 0.2) is 12.3 Å². The number of nitrogens with zero attached hydrogens (tertiary/aromatic N) is 1. The predicted octanol–water partition coefficient (Wildman–Crippen LogP) is 2.02. The van der Waals surface area contributed by atoms with Gasteiger partial charge >= 0.3 is 0 Å². The molecule has 2 nitrogen and oxygen atoms in total. The topological polar surface area (TPSA) is 12.5 Å². The first-order chi connectivity index (χ1) is 5.70. The molecule has 0 unspecified atom stereocenters. The lowest BCUT2D eigenvalue weighted by atomic mass is 10.3. The van der Waals surface area contributed by atoms with Crippen molar-refractivity contribution in [2.45, 2.75) is 32.8 Å². The summed E-state index contributed by atoms with van der Waals surface area (Å²) in [5.41, 5.74) is 1.28. The molecule has 0 N–H and O–H groups in total. The molecule has 1 aliphatic heterocycles. The molecule has 70 valence electrons. The number of rotatable bonds is 4. The van der Waals surface area contributed by atoms with Crippen molar-refractivity contribution in [3.63, 3.8) is 0 Å². The Bertz CT molecular complexity index is 154. The fourth-order valence-electron chi connectivity index (χ4n) is 1.46. The number of ether oxygens (including phenoxy) is 1. The summed E-state index contributed by atoms with van der Waals surface area (Å²) in [7, 11) is 0. The Kier molecular flexibility index (Phi) is 3.60. The SMILES string of the molecule is C=C1CCCN1CCOC(C)C. The van der Waals surface area contributed by atoms with E-state index < -0.39 is 0 Å². The Morgan fingerprint density at radius 2 is 2.33 bits per heavy atom. The summed E-state index contributed by atoms with van der Waals surface area (Å²) in [4.78, 5) is 2.32. The minimum absolute atomic E-state index is 0.348. The van der Waals surface area contributed by atoms with Crippen LogP contribution in [0.4, 0.5) is 0 Å². The molecule has 0 atom stereocenters. The van der Waals surface area contributed by atoms with Gasteiger partial charge < -0.3 is 9.64 Å². The summed E-state index contributed by atoms with van der Waals surface area (Å²) in [6.45, 7) is 11.1. The van der Waals surface area contributed by atoms with Crippen molar-refractivity contribution in [1.29, 1.82) is 0 Å². The molecule has 1 rings (SSSR count). The zero-order valence-electron chi connectivity index (χ0n) is 8.18. The maximum absolute atomic E-state index is 5.47. The van der Waals surface area contributed by atoms with E-state index in [1.807, 2.05) is 0 Å². The summed E-state index contributed by atoms with van der Waals surface area (Å²) in [6.07, 6.45) is 2.78. The van der Waals surface area contributed by atoms with Crippen LogP contribution in [0, 0.1) is 0 Å². The highest BCUT2D eigenvalue weighted by atomic mass is 16.5. The van der Waals surface area contributed by atoms with Gasteiger partial charge in [0, 0.05) is 18.8 Å². The quantitative estimate of drug-likeness (QED) is 0.638. The predicted molar refractivity (Wildman–Crippen MR) is 51.0 cm³/mol. The molecule has 0 amide bonds. The second-order valence-electron chi connectivity index (χ2n) is 3.58.